The number of hydrogen-bond acceptors (Lipinski definition) is 4. The molecule has 0 saturated heterocycles. The minimum Gasteiger partial charge on any atom is -0.463 e. The molecule has 0 saturated carbocycles. The molecule has 0 bridgehead atoms. The Morgan fingerprint density at radius 1 is 1.18 bits per heavy atom. The molecule has 0 aromatic rings. The summed E-state index contributed by atoms with van der Waals surface area (Å²) in [6.45, 7) is 7.85. The molecule has 4 heteroatoms. The van der Waals surface area contributed by atoms with E-state index in [0.29, 0.717) is 25.0 Å². The van der Waals surface area contributed by atoms with Gasteiger partial charge in [-0.1, -0.05) is 26.8 Å². The lowest BCUT2D eigenvalue weighted by molar-refractivity contribution is -0.145. The van der Waals surface area contributed by atoms with Crippen LogP contribution in [0.15, 0.2) is 11.6 Å². The van der Waals surface area contributed by atoms with Gasteiger partial charge >= 0.3 is 11.9 Å². The van der Waals surface area contributed by atoms with Gasteiger partial charge in [0.15, 0.2) is 0 Å². The fourth-order valence-corrected chi connectivity index (χ4v) is 1.22. The first-order chi connectivity index (χ1) is 8.01. The summed E-state index contributed by atoms with van der Waals surface area (Å²) in [5.41, 5.74) is 0.409. The van der Waals surface area contributed by atoms with Crippen LogP contribution in [0.1, 0.15) is 40.5 Å². The number of carbonyl (C=O) groups excluding carboxylic acids is 2. The fraction of sp³-hybridized carbons (Fsp3) is 0.692. The van der Waals surface area contributed by atoms with E-state index in [-0.39, 0.29) is 18.5 Å². The molecule has 0 atom stereocenters. The summed E-state index contributed by atoms with van der Waals surface area (Å²) in [5.74, 6) is -0.443. The van der Waals surface area contributed by atoms with Gasteiger partial charge in [0.05, 0.1) is 12.2 Å². The molecule has 98 valence electrons. The third-order valence-corrected chi connectivity index (χ3v) is 1.95. The second kappa shape index (κ2) is 8.79. The van der Waals surface area contributed by atoms with Gasteiger partial charge < -0.3 is 9.47 Å². The Hall–Kier alpha value is -1.32. The summed E-state index contributed by atoms with van der Waals surface area (Å²) in [6.07, 6.45) is 2.79. The Kier molecular flexibility index (Phi) is 8.11. The maximum Gasteiger partial charge on any atom is 0.337 e. The van der Waals surface area contributed by atoms with Crippen LogP contribution in [-0.2, 0) is 19.1 Å². The highest BCUT2D eigenvalue weighted by atomic mass is 16.5. The van der Waals surface area contributed by atoms with Crippen molar-refractivity contribution in [2.45, 2.75) is 40.5 Å². The van der Waals surface area contributed by atoms with Gasteiger partial charge in [0.25, 0.3) is 0 Å². The van der Waals surface area contributed by atoms with Crippen LogP contribution in [0.25, 0.3) is 0 Å². The van der Waals surface area contributed by atoms with Gasteiger partial charge in [-0.15, -0.1) is 0 Å². The highest BCUT2D eigenvalue weighted by Crippen LogP contribution is 2.05. The minimum absolute atomic E-state index is 0.00176. The first kappa shape index (κ1) is 15.7. The molecule has 0 aromatic carbocycles. The number of rotatable bonds is 7. The molecule has 0 aliphatic carbocycles. The van der Waals surface area contributed by atoms with E-state index in [0.717, 1.165) is 0 Å². The summed E-state index contributed by atoms with van der Waals surface area (Å²) < 4.78 is 9.90. The van der Waals surface area contributed by atoms with Gasteiger partial charge in [-0.25, -0.2) is 4.79 Å². The monoisotopic (exact) mass is 242 g/mol. The van der Waals surface area contributed by atoms with Gasteiger partial charge in [0, 0.05) is 6.42 Å². The average Bonchev–Trinajstić information content (AvgIpc) is 2.23. The number of allylic oxidation sites excluding steroid dienone is 1. The van der Waals surface area contributed by atoms with Crippen molar-refractivity contribution < 1.29 is 19.1 Å². The second-order valence-electron chi connectivity index (χ2n) is 4.12. The number of ether oxygens (including phenoxy) is 2. The summed E-state index contributed by atoms with van der Waals surface area (Å²) in [6, 6.07) is 0. The molecule has 17 heavy (non-hydrogen) atoms. The number of carbonyl (C=O) groups is 2. The second-order valence-corrected chi connectivity index (χ2v) is 4.12. The molecule has 0 spiro atoms. The smallest absolute Gasteiger partial charge is 0.337 e. The Balaban J connectivity index is 4.23. The predicted octanol–water partition coefficient (Wildman–Crippen LogP) is 2.48. The molecule has 4 nitrogen and oxygen atoms in total. The number of hydrogen-bond donors (Lipinski definition) is 0. The van der Waals surface area contributed by atoms with Crippen LogP contribution in [0.2, 0.25) is 0 Å². The third-order valence-electron chi connectivity index (χ3n) is 1.95. The molecular formula is C13H22O4. The van der Waals surface area contributed by atoms with E-state index in [4.69, 9.17) is 9.47 Å². The normalized spacial score (nSPS) is 11.5. The van der Waals surface area contributed by atoms with Crippen molar-refractivity contribution in [2.24, 2.45) is 5.92 Å². The van der Waals surface area contributed by atoms with Crippen LogP contribution in [0.5, 0.6) is 0 Å². The number of esters is 2. The zero-order chi connectivity index (χ0) is 13.3. The molecular weight excluding hydrogens is 220 g/mol. The molecule has 0 N–H and O–H groups in total. The van der Waals surface area contributed by atoms with Gasteiger partial charge in [-0.2, -0.15) is 0 Å². The van der Waals surface area contributed by atoms with Crippen LogP contribution in [0, 0.1) is 5.92 Å². The fourth-order valence-electron chi connectivity index (χ4n) is 1.22. The van der Waals surface area contributed by atoms with E-state index in [1.165, 1.54) is 0 Å². The SMILES string of the molecule is CCC=C(COC(=O)CC(C)C)C(=O)OCC. The van der Waals surface area contributed by atoms with Crippen LogP contribution in [-0.4, -0.2) is 25.2 Å². The van der Waals surface area contributed by atoms with Crippen molar-refractivity contribution in [1.82, 2.24) is 0 Å². The summed E-state index contributed by atoms with van der Waals surface area (Å²) >= 11 is 0. The molecule has 0 unspecified atom stereocenters. The zero-order valence-electron chi connectivity index (χ0n) is 11.1. The zero-order valence-corrected chi connectivity index (χ0v) is 11.1. The molecule has 0 amide bonds. The van der Waals surface area contributed by atoms with Crippen molar-refractivity contribution in [1.29, 1.82) is 0 Å². The van der Waals surface area contributed by atoms with E-state index < -0.39 is 5.97 Å². The molecule has 0 rings (SSSR count). The Morgan fingerprint density at radius 2 is 1.82 bits per heavy atom. The summed E-state index contributed by atoms with van der Waals surface area (Å²) in [4.78, 5) is 22.8. The topological polar surface area (TPSA) is 52.6 Å². The molecule has 0 aliphatic rings. The third kappa shape index (κ3) is 7.55. The highest BCUT2D eigenvalue weighted by molar-refractivity contribution is 5.89. The maximum atomic E-state index is 11.5. The summed E-state index contributed by atoms with van der Waals surface area (Å²) in [5, 5.41) is 0. The summed E-state index contributed by atoms with van der Waals surface area (Å²) in [7, 11) is 0. The van der Waals surface area contributed by atoms with Crippen LogP contribution >= 0.6 is 0 Å². The van der Waals surface area contributed by atoms with Gasteiger partial charge in [-0.3, -0.25) is 4.79 Å². The van der Waals surface area contributed by atoms with E-state index in [1.807, 2.05) is 20.8 Å². The van der Waals surface area contributed by atoms with Crippen molar-refractivity contribution in [3.63, 3.8) is 0 Å². The first-order valence-corrected chi connectivity index (χ1v) is 6.03. The molecule has 0 heterocycles. The highest BCUT2D eigenvalue weighted by Gasteiger charge is 2.13. The molecule has 0 fully saturated rings. The first-order valence-electron chi connectivity index (χ1n) is 6.03. The Labute approximate surface area is 103 Å². The lowest BCUT2D eigenvalue weighted by Gasteiger charge is -2.09. The van der Waals surface area contributed by atoms with Gasteiger partial charge in [-0.05, 0) is 19.3 Å². The van der Waals surface area contributed by atoms with E-state index in [1.54, 1.807) is 13.0 Å². The predicted molar refractivity (Wildman–Crippen MR) is 65.4 cm³/mol. The lowest BCUT2D eigenvalue weighted by Crippen LogP contribution is -2.16. The Bertz CT molecular complexity index is 279. The maximum absolute atomic E-state index is 11.5. The van der Waals surface area contributed by atoms with Crippen LogP contribution < -0.4 is 0 Å². The van der Waals surface area contributed by atoms with Crippen LogP contribution in [0.4, 0.5) is 0 Å². The molecule has 0 aromatic heterocycles. The van der Waals surface area contributed by atoms with Crippen LogP contribution in [0.3, 0.4) is 0 Å². The van der Waals surface area contributed by atoms with Gasteiger partial charge in [0.2, 0.25) is 0 Å². The van der Waals surface area contributed by atoms with Crippen molar-refractivity contribution in [2.75, 3.05) is 13.2 Å². The largest absolute Gasteiger partial charge is 0.463 e. The van der Waals surface area contributed by atoms with Crippen molar-refractivity contribution in [3.05, 3.63) is 11.6 Å². The van der Waals surface area contributed by atoms with E-state index in [2.05, 4.69) is 0 Å². The average molecular weight is 242 g/mol. The molecule has 0 radical (unpaired) electrons. The van der Waals surface area contributed by atoms with E-state index in [9.17, 15) is 9.59 Å². The standard InChI is InChI=1S/C13H22O4/c1-5-7-11(13(15)16-6-2)9-17-12(14)8-10(3)4/h7,10H,5-6,8-9H2,1-4H3. The Morgan fingerprint density at radius 3 is 2.29 bits per heavy atom. The van der Waals surface area contributed by atoms with Gasteiger partial charge in [0.1, 0.15) is 6.61 Å². The van der Waals surface area contributed by atoms with Crippen molar-refractivity contribution >= 4 is 11.9 Å². The van der Waals surface area contributed by atoms with E-state index >= 15 is 0 Å². The minimum atomic E-state index is -0.410. The van der Waals surface area contributed by atoms with Crippen molar-refractivity contribution in [3.8, 4) is 0 Å². The molecule has 0 aliphatic heterocycles. The lowest BCUT2D eigenvalue weighted by atomic mass is 10.1. The quantitative estimate of drug-likeness (QED) is 0.508.